The van der Waals surface area contributed by atoms with Gasteiger partial charge in [-0.05, 0) is 47.2 Å². The molecule has 8 heteroatoms. The zero-order valence-corrected chi connectivity index (χ0v) is 24.2. The van der Waals surface area contributed by atoms with Crippen LogP contribution >= 0.6 is 34.9 Å². The van der Waals surface area contributed by atoms with Crippen molar-refractivity contribution in [2.24, 2.45) is 5.16 Å². The molecule has 0 radical (unpaired) electrons. The first kappa shape index (κ1) is 31.9. The van der Waals surface area contributed by atoms with E-state index in [2.05, 4.69) is 64.9 Å². The zero-order valence-electron chi connectivity index (χ0n) is 21.8. The van der Waals surface area contributed by atoms with Gasteiger partial charge in [-0.15, -0.1) is 11.3 Å². The van der Waals surface area contributed by atoms with Crippen molar-refractivity contribution in [2.75, 3.05) is 4.72 Å². The van der Waals surface area contributed by atoms with E-state index in [0.29, 0.717) is 28.7 Å². The van der Waals surface area contributed by atoms with Crippen molar-refractivity contribution in [1.82, 2.24) is 9.97 Å². The predicted octanol–water partition coefficient (Wildman–Crippen LogP) is 9.11. The van der Waals surface area contributed by atoms with Gasteiger partial charge in [-0.25, -0.2) is 4.98 Å². The fraction of sp³-hybridized carbons (Fsp3) is 0.423. The molecule has 1 aromatic carbocycles. The number of rotatable bonds is 6. The Morgan fingerprint density at radius 2 is 1.65 bits per heavy atom. The van der Waals surface area contributed by atoms with E-state index in [1.54, 1.807) is 17.8 Å². The van der Waals surface area contributed by atoms with E-state index in [-0.39, 0.29) is 5.41 Å². The Balaban J connectivity index is 0.00000168. The van der Waals surface area contributed by atoms with Gasteiger partial charge in [-0.3, -0.25) is 4.98 Å². The first-order valence-corrected chi connectivity index (χ1v) is 13.7. The summed E-state index contributed by atoms with van der Waals surface area (Å²) in [5.41, 5.74) is 4.24. The largest absolute Gasteiger partial charge is 0.411 e. The molecule has 34 heavy (non-hydrogen) atoms. The third-order valence-corrected chi connectivity index (χ3v) is 6.07. The van der Waals surface area contributed by atoms with E-state index in [1.807, 2.05) is 47.6 Å². The molecular formula is C26H39ClN4OS2. The molecular weight excluding hydrogens is 484 g/mol. The van der Waals surface area contributed by atoms with E-state index in [0.717, 1.165) is 9.77 Å². The molecule has 0 aliphatic rings. The van der Waals surface area contributed by atoms with Crippen molar-refractivity contribution in [3.05, 3.63) is 69.3 Å². The Labute approximate surface area is 219 Å². The van der Waals surface area contributed by atoms with Crippen molar-refractivity contribution >= 4 is 46.4 Å². The lowest BCUT2D eigenvalue weighted by Gasteiger charge is -2.19. The number of thiazole rings is 1. The van der Waals surface area contributed by atoms with E-state index in [1.165, 1.54) is 28.8 Å². The number of hydrogen-bond acceptors (Lipinski definition) is 7. The second kappa shape index (κ2) is 17.4. The first-order chi connectivity index (χ1) is 16.4. The number of halogens is 1. The summed E-state index contributed by atoms with van der Waals surface area (Å²) in [4.78, 5) is 10.5. The molecule has 3 aromatic rings. The van der Waals surface area contributed by atoms with Crippen LogP contribution in [0.25, 0.3) is 0 Å². The van der Waals surface area contributed by atoms with E-state index in [9.17, 15) is 5.21 Å². The van der Waals surface area contributed by atoms with Crippen LogP contribution in [-0.2, 0) is 11.8 Å². The molecule has 0 saturated heterocycles. The van der Waals surface area contributed by atoms with Crippen molar-refractivity contribution < 1.29 is 5.21 Å². The zero-order chi connectivity index (χ0) is 26.1. The highest BCUT2D eigenvalue weighted by Crippen LogP contribution is 2.27. The molecule has 2 heterocycles. The van der Waals surface area contributed by atoms with Gasteiger partial charge in [0.25, 0.3) is 0 Å². The molecule has 0 saturated carbocycles. The molecule has 2 aromatic heterocycles. The minimum atomic E-state index is 0.132. The maximum Gasteiger partial charge on any atom is 0.136 e. The van der Waals surface area contributed by atoms with E-state index < -0.39 is 0 Å². The van der Waals surface area contributed by atoms with Gasteiger partial charge in [0, 0.05) is 17.5 Å². The maximum atomic E-state index is 9.33. The van der Waals surface area contributed by atoms with Gasteiger partial charge in [0.1, 0.15) is 11.5 Å². The van der Waals surface area contributed by atoms with Crippen LogP contribution in [0.1, 0.15) is 78.4 Å². The predicted molar refractivity (Wildman–Crippen MR) is 152 cm³/mol. The minimum Gasteiger partial charge on any atom is -0.411 e. The number of nitrogens with zero attached hydrogens (tertiary/aromatic N) is 3. The highest BCUT2D eigenvalue weighted by molar-refractivity contribution is 8.00. The van der Waals surface area contributed by atoms with Gasteiger partial charge in [0.2, 0.25) is 0 Å². The number of nitrogens with one attached hydrogen (secondary N) is 1. The normalized spacial score (nSPS) is 10.6. The van der Waals surface area contributed by atoms with Crippen molar-refractivity contribution in [1.29, 1.82) is 0 Å². The standard InChI is InChI=1S/C20H21ClN4OS2.3C2H6/c1-20(2,3)13-4-6-14(7-5-13)28-25-19-9-8-15(21)16(23-19)10-17(24-26)18-11-22-12-27-18;3*1-2/h4-9,11-12,26H,10H2,1-3H3,(H,23,25);3*1-2H3/b24-17-;;;. The second-order valence-corrected chi connectivity index (χ2v) is 9.37. The minimum absolute atomic E-state index is 0.132. The van der Waals surface area contributed by atoms with Gasteiger partial charge in [0.15, 0.2) is 0 Å². The van der Waals surface area contributed by atoms with Crippen LogP contribution in [0.15, 0.2) is 58.2 Å². The highest BCUT2D eigenvalue weighted by atomic mass is 35.5. The Morgan fingerprint density at radius 3 is 2.15 bits per heavy atom. The average Bonchev–Trinajstić information content (AvgIpc) is 3.41. The fourth-order valence-electron chi connectivity index (χ4n) is 2.49. The molecule has 0 bridgehead atoms. The van der Waals surface area contributed by atoms with Crippen molar-refractivity contribution in [3.63, 3.8) is 0 Å². The third kappa shape index (κ3) is 10.5. The smallest absolute Gasteiger partial charge is 0.136 e. The Bertz CT molecular complexity index is 954. The van der Waals surface area contributed by atoms with Crippen molar-refractivity contribution in [3.8, 4) is 0 Å². The lowest BCUT2D eigenvalue weighted by Crippen LogP contribution is -2.10. The number of aromatic nitrogens is 2. The summed E-state index contributed by atoms with van der Waals surface area (Å²) in [6.45, 7) is 18.6. The Hall–Kier alpha value is -2.09. The monoisotopic (exact) mass is 522 g/mol. The van der Waals surface area contributed by atoms with Gasteiger partial charge in [0.05, 0.1) is 21.1 Å². The summed E-state index contributed by atoms with van der Waals surface area (Å²) in [5, 5.41) is 13.2. The molecule has 0 amide bonds. The number of pyridine rings is 1. The summed E-state index contributed by atoms with van der Waals surface area (Å²) in [7, 11) is 0. The molecule has 0 spiro atoms. The fourth-order valence-corrected chi connectivity index (χ4v) is 3.87. The first-order valence-electron chi connectivity index (χ1n) is 11.7. The number of anilines is 1. The summed E-state index contributed by atoms with van der Waals surface area (Å²) in [6.07, 6.45) is 1.98. The van der Waals surface area contributed by atoms with Gasteiger partial charge in [-0.1, -0.05) is 91.2 Å². The van der Waals surface area contributed by atoms with Crippen molar-refractivity contribution in [2.45, 2.75) is 79.0 Å². The van der Waals surface area contributed by atoms with Crippen LogP contribution in [0.2, 0.25) is 5.02 Å². The SMILES string of the molecule is CC.CC.CC.CC(C)(C)c1ccc(SNc2ccc(Cl)c(C/C(=N/O)c3cncs3)n2)cc1. The molecule has 0 atom stereocenters. The summed E-state index contributed by atoms with van der Waals surface area (Å²) < 4.78 is 3.25. The molecule has 2 N–H and O–H groups in total. The molecule has 0 fully saturated rings. The topological polar surface area (TPSA) is 70.4 Å². The lowest BCUT2D eigenvalue weighted by molar-refractivity contribution is 0.318. The van der Waals surface area contributed by atoms with Gasteiger partial charge < -0.3 is 9.93 Å². The maximum absolute atomic E-state index is 9.33. The Kier molecular flexibility index (Phi) is 16.3. The van der Waals surface area contributed by atoms with Crippen LogP contribution < -0.4 is 4.72 Å². The molecule has 5 nitrogen and oxygen atoms in total. The lowest BCUT2D eigenvalue weighted by atomic mass is 9.87. The summed E-state index contributed by atoms with van der Waals surface area (Å²) >= 11 is 9.18. The number of hydrogen-bond donors (Lipinski definition) is 2. The van der Waals surface area contributed by atoms with Crippen LogP contribution in [0, 0.1) is 0 Å². The second-order valence-electron chi connectivity index (χ2n) is 7.19. The number of benzene rings is 1. The summed E-state index contributed by atoms with van der Waals surface area (Å²) in [5.74, 6) is 0.686. The Morgan fingerprint density at radius 1 is 1.03 bits per heavy atom. The number of oxime groups is 1. The molecule has 188 valence electrons. The van der Waals surface area contributed by atoms with Crippen LogP contribution in [0.4, 0.5) is 5.82 Å². The van der Waals surface area contributed by atoms with E-state index in [4.69, 9.17) is 11.6 Å². The third-order valence-electron chi connectivity index (χ3n) is 4.08. The molecule has 0 aliphatic carbocycles. The van der Waals surface area contributed by atoms with Crippen LogP contribution in [0.5, 0.6) is 0 Å². The van der Waals surface area contributed by atoms with Crippen LogP contribution in [0.3, 0.4) is 0 Å². The average molecular weight is 523 g/mol. The summed E-state index contributed by atoms with van der Waals surface area (Å²) in [6, 6.07) is 12.1. The molecule has 3 rings (SSSR count). The quantitative estimate of drug-likeness (QED) is 0.146. The van der Waals surface area contributed by atoms with Crippen LogP contribution in [-0.4, -0.2) is 20.9 Å². The van der Waals surface area contributed by atoms with Gasteiger partial charge in [-0.2, -0.15) is 0 Å². The van der Waals surface area contributed by atoms with Gasteiger partial charge >= 0.3 is 0 Å². The highest BCUT2D eigenvalue weighted by Gasteiger charge is 2.14. The molecule has 0 unspecified atom stereocenters. The van der Waals surface area contributed by atoms with E-state index >= 15 is 0 Å². The molecule has 0 aliphatic heterocycles.